The summed E-state index contributed by atoms with van der Waals surface area (Å²) < 4.78 is 15.6. The van der Waals surface area contributed by atoms with Crippen LogP contribution in [0.2, 0.25) is 0 Å². The molecule has 1 aromatic carbocycles. The predicted octanol–water partition coefficient (Wildman–Crippen LogP) is 1.54. The molecule has 162 valence electrons. The number of carbonyl (C=O) groups excluding carboxylic acids is 4. The number of hydrazine groups is 1. The second kappa shape index (κ2) is 9.02. The molecule has 1 spiro atoms. The van der Waals surface area contributed by atoms with Crippen molar-refractivity contribution < 1.29 is 33.4 Å². The Hall–Kier alpha value is -3.30. The van der Waals surface area contributed by atoms with Gasteiger partial charge in [-0.15, -0.1) is 0 Å². The van der Waals surface area contributed by atoms with E-state index in [0.717, 1.165) is 19.3 Å². The minimum absolute atomic E-state index is 0.170. The number of rotatable bonds is 7. The number of imide groups is 1. The molecule has 10 nitrogen and oxygen atoms in total. The minimum atomic E-state index is -0.946. The summed E-state index contributed by atoms with van der Waals surface area (Å²) in [6.07, 6.45) is 3.74. The molecule has 2 fully saturated rings. The molecule has 3 rings (SSSR count). The van der Waals surface area contributed by atoms with Crippen molar-refractivity contribution in [3.05, 3.63) is 23.8 Å². The van der Waals surface area contributed by atoms with Gasteiger partial charge in [0.2, 0.25) is 0 Å². The summed E-state index contributed by atoms with van der Waals surface area (Å²) in [5.41, 5.74) is 1.44. The molecular formula is C20H25N3O7. The molecule has 1 aromatic rings. The van der Waals surface area contributed by atoms with Gasteiger partial charge in [0.25, 0.3) is 11.8 Å². The van der Waals surface area contributed by atoms with Crippen molar-refractivity contribution in [2.45, 2.75) is 44.6 Å². The van der Waals surface area contributed by atoms with E-state index in [-0.39, 0.29) is 5.56 Å². The SMILES string of the molecule is CCOc1cc(C(=O)OCC(=O)NN2C(=O)NC3(CCCCC3)C2=O)ccc1OC. The highest BCUT2D eigenvalue weighted by Gasteiger charge is 2.52. The zero-order valence-corrected chi connectivity index (χ0v) is 17.0. The van der Waals surface area contributed by atoms with Crippen LogP contribution in [0.25, 0.3) is 0 Å². The Morgan fingerprint density at radius 1 is 1.17 bits per heavy atom. The zero-order chi connectivity index (χ0) is 21.7. The van der Waals surface area contributed by atoms with Gasteiger partial charge in [0.05, 0.1) is 19.3 Å². The largest absolute Gasteiger partial charge is 0.493 e. The van der Waals surface area contributed by atoms with Gasteiger partial charge in [-0.05, 0) is 38.0 Å². The smallest absolute Gasteiger partial charge is 0.344 e. The number of methoxy groups -OCH3 is 1. The number of ether oxygens (including phenoxy) is 3. The van der Waals surface area contributed by atoms with E-state index in [4.69, 9.17) is 14.2 Å². The van der Waals surface area contributed by atoms with Crippen molar-refractivity contribution >= 4 is 23.8 Å². The fourth-order valence-corrected chi connectivity index (χ4v) is 3.66. The fraction of sp³-hybridized carbons (Fsp3) is 0.500. The van der Waals surface area contributed by atoms with E-state index < -0.39 is 36.0 Å². The maximum absolute atomic E-state index is 12.6. The first kappa shape index (κ1) is 21.4. The lowest BCUT2D eigenvalue weighted by atomic mass is 9.82. The first-order chi connectivity index (χ1) is 14.4. The quantitative estimate of drug-likeness (QED) is 0.507. The molecule has 0 bridgehead atoms. The first-order valence-corrected chi connectivity index (χ1v) is 9.84. The number of nitrogens with one attached hydrogen (secondary N) is 2. The Kier molecular flexibility index (Phi) is 6.43. The monoisotopic (exact) mass is 419 g/mol. The van der Waals surface area contributed by atoms with Crippen molar-refractivity contribution in [1.82, 2.24) is 15.8 Å². The number of hydrogen-bond donors (Lipinski definition) is 2. The molecule has 2 aliphatic rings. The van der Waals surface area contributed by atoms with E-state index >= 15 is 0 Å². The second-order valence-corrected chi connectivity index (χ2v) is 7.12. The minimum Gasteiger partial charge on any atom is -0.493 e. The van der Waals surface area contributed by atoms with Crippen molar-refractivity contribution in [3.63, 3.8) is 0 Å². The second-order valence-electron chi connectivity index (χ2n) is 7.12. The van der Waals surface area contributed by atoms with Crippen LogP contribution in [-0.2, 0) is 14.3 Å². The number of esters is 1. The molecule has 30 heavy (non-hydrogen) atoms. The normalized spacial score (nSPS) is 17.5. The standard InChI is InChI=1S/C20H25N3O7/c1-3-29-15-11-13(7-8-14(15)28-2)17(25)30-12-16(24)22-23-18(26)20(21-19(23)27)9-5-4-6-10-20/h7-8,11H,3-6,9-10,12H2,1-2H3,(H,21,27)(H,22,24). The van der Waals surface area contributed by atoms with E-state index in [0.29, 0.717) is 36.0 Å². The van der Waals surface area contributed by atoms with Gasteiger partial charge in [0.1, 0.15) is 5.54 Å². The van der Waals surface area contributed by atoms with E-state index in [1.54, 1.807) is 13.0 Å². The van der Waals surface area contributed by atoms with Crippen LogP contribution in [0.3, 0.4) is 0 Å². The molecule has 10 heteroatoms. The maximum Gasteiger partial charge on any atom is 0.344 e. The van der Waals surface area contributed by atoms with Gasteiger partial charge >= 0.3 is 12.0 Å². The number of urea groups is 1. The Balaban J connectivity index is 1.57. The van der Waals surface area contributed by atoms with Crippen LogP contribution >= 0.6 is 0 Å². The van der Waals surface area contributed by atoms with Crippen molar-refractivity contribution in [2.75, 3.05) is 20.3 Å². The third kappa shape index (κ3) is 4.32. The summed E-state index contributed by atoms with van der Waals surface area (Å²) in [6.45, 7) is 1.52. The van der Waals surface area contributed by atoms with Crippen LogP contribution in [0, 0.1) is 0 Å². The molecular weight excluding hydrogens is 394 g/mol. The van der Waals surface area contributed by atoms with Gasteiger partial charge in [-0.3, -0.25) is 15.0 Å². The summed E-state index contributed by atoms with van der Waals surface area (Å²) in [4.78, 5) is 49.2. The van der Waals surface area contributed by atoms with E-state index in [2.05, 4.69) is 10.7 Å². The summed E-state index contributed by atoms with van der Waals surface area (Å²) >= 11 is 0. The lowest BCUT2D eigenvalue weighted by Crippen LogP contribution is -2.51. The first-order valence-electron chi connectivity index (χ1n) is 9.84. The lowest BCUT2D eigenvalue weighted by Gasteiger charge is -2.30. The highest BCUT2D eigenvalue weighted by Crippen LogP contribution is 2.33. The zero-order valence-electron chi connectivity index (χ0n) is 17.0. The fourth-order valence-electron chi connectivity index (χ4n) is 3.66. The Labute approximate surface area is 173 Å². The number of amides is 4. The Morgan fingerprint density at radius 2 is 1.90 bits per heavy atom. The third-order valence-corrected chi connectivity index (χ3v) is 5.14. The number of nitrogens with zero attached hydrogens (tertiary/aromatic N) is 1. The Morgan fingerprint density at radius 3 is 2.57 bits per heavy atom. The molecule has 0 atom stereocenters. The van der Waals surface area contributed by atoms with Crippen LogP contribution < -0.4 is 20.2 Å². The average Bonchev–Trinajstić information content (AvgIpc) is 2.96. The van der Waals surface area contributed by atoms with Gasteiger partial charge < -0.3 is 19.5 Å². The average molecular weight is 419 g/mol. The van der Waals surface area contributed by atoms with E-state index in [1.807, 2.05) is 0 Å². The molecule has 1 aliphatic heterocycles. The van der Waals surface area contributed by atoms with Crippen molar-refractivity contribution in [2.24, 2.45) is 0 Å². The van der Waals surface area contributed by atoms with Crippen LogP contribution in [-0.4, -0.2) is 54.7 Å². The summed E-state index contributed by atoms with van der Waals surface area (Å²) in [5.74, 6) is -1.20. The predicted molar refractivity (Wildman–Crippen MR) is 104 cm³/mol. The van der Waals surface area contributed by atoms with Crippen molar-refractivity contribution in [3.8, 4) is 11.5 Å². The molecule has 0 radical (unpaired) electrons. The van der Waals surface area contributed by atoms with Crippen LogP contribution in [0.1, 0.15) is 49.4 Å². The summed E-state index contributed by atoms with van der Waals surface area (Å²) in [7, 11) is 1.48. The summed E-state index contributed by atoms with van der Waals surface area (Å²) in [6, 6.07) is 3.80. The van der Waals surface area contributed by atoms with E-state index in [1.165, 1.54) is 19.2 Å². The summed E-state index contributed by atoms with van der Waals surface area (Å²) in [5, 5.41) is 3.35. The van der Waals surface area contributed by atoms with Crippen LogP contribution in [0.15, 0.2) is 18.2 Å². The molecule has 2 N–H and O–H groups in total. The molecule has 1 aliphatic carbocycles. The topological polar surface area (TPSA) is 123 Å². The van der Waals surface area contributed by atoms with Gasteiger partial charge in [0.15, 0.2) is 18.1 Å². The molecule has 1 saturated heterocycles. The number of carbonyl (C=O) groups is 4. The van der Waals surface area contributed by atoms with Crippen LogP contribution in [0.5, 0.6) is 11.5 Å². The van der Waals surface area contributed by atoms with Gasteiger partial charge in [-0.1, -0.05) is 19.3 Å². The van der Waals surface area contributed by atoms with Crippen molar-refractivity contribution in [1.29, 1.82) is 0 Å². The maximum atomic E-state index is 12.6. The number of hydrogen-bond acceptors (Lipinski definition) is 7. The molecule has 0 aromatic heterocycles. The molecule has 4 amide bonds. The Bertz CT molecular complexity index is 849. The van der Waals surface area contributed by atoms with Gasteiger partial charge in [-0.25, -0.2) is 9.59 Å². The number of benzene rings is 1. The lowest BCUT2D eigenvalue weighted by molar-refractivity contribution is -0.140. The molecule has 1 heterocycles. The highest BCUT2D eigenvalue weighted by molar-refractivity contribution is 6.08. The van der Waals surface area contributed by atoms with Gasteiger partial charge in [0, 0.05) is 0 Å². The van der Waals surface area contributed by atoms with E-state index in [9.17, 15) is 19.2 Å². The molecule has 0 unspecified atom stereocenters. The highest BCUT2D eigenvalue weighted by atomic mass is 16.5. The molecule has 1 saturated carbocycles. The third-order valence-electron chi connectivity index (χ3n) is 5.14. The van der Waals surface area contributed by atoms with Crippen LogP contribution in [0.4, 0.5) is 4.79 Å². The van der Waals surface area contributed by atoms with Gasteiger partial charge in [-0.2, -0.15) is 5.01 Å².